The van der Waals surface area contributed by atoms with Crippen LogP contribution >= 0.6 is 27.7 Å². The van der Waals surface area contributed by atoms with Crippen LogP contribution in [0.25, 0.3) is 11.1 Å². The molecule has 1 heterocycles. The van der Waals surface area contributed by atoms with Crippen LogP contribution in [0.3, 0.4) is 0 Å². The van der Waals surface area contributed by atoms with Gasteiger partial charge < -0.3 is 4.42 Å². The summed E-state index contributed by atoms with van der Waals surface area (Å²) in [7, 11) is 0. The monoisotopic (exact) mass is 243 g/mol. The molecule has 0 fully saturated rings. The minimum atomic E-state index is 0.538. The van der Waals surface area contributed by atoms with E-state index in [0.717, 1.165) is 11.1 Å². The van der Waals surface area contributed by atoms with Crippen LogP contribution in [-0.4, -0.2) is 11.2 Å². The highest BCUT2D eigenvalue weighted by atomic mass is 79.9. The number of halogens is 1. The molecule has 0 atom stereocenters. The average Bonchev–Trinajstić information content (AvgIpc) is 2.43. The van der Waals surface area contributed by atoms with Crippen molar-refractivity contribution >= 4 is 38.8 Å². The Kier molecular flexibility index (Phi) is 2.11. The van der Waals surface area contributed by atoms with Crippen molar-refractivity contribution in [3.63, 3.8) is 0 Å². The van der Waals surface area contributed by atoms with E-state index in [4.69, 9.17) is 4.42 Å². The highest BCUT2D eigenvalue weighted by Gasteiger charge is 2.02. The summed E-state index contributed by atoms with van der Waals surface area (Å²) < 4.78 is 5.30. The van der Waals surface area contributed by atoms with Crippen LogP contribution in [0.4, 0.5) is 0 Å². The Morgan fingerprint density at radius 2 is 2.33 bits per heavy atom. The minimum absolute atomic E-state index is 0.538. The van der Waals surface area contributed by atoms with Gasteiger partial charge in [0, 0.05) is 20.8 Å². The number of nitrogens with zero attached hydrogens (tertiary/aromatic N) is 1. The molecule has 62 valence electrons. The Labute approximate surface area is 82.5 Å². The Hall–Kier alpha value is -0.480. The third-order valence-electron chi connectivity index (χ3n) is 1.57. The quantitative estimate of drug-likeness (QED) is 0.720. The lowest BCUT2D eigenvalue weighted by atomic mass is 10.3. The molecular weight excluding hydrogens is 238 g/mol. The van der Waals surface area contributed by atoms with Gasteiger partial charge in [0.15, 0.2) is 5.58 Å². The van der Waals surface area contributed by atoms with E-state index >= 15 is 0 Å². The number of oxazole rings is 1. The highest BCUT2D eigenvalue weighted by molar-refractivity contribution is 9.10. The largest absolute Gasteiger partial charge is 0.431 e. The van der Waals surface area contributed by atoms with Gasteiger partial charge in [-0.3, -0.25) is 0 Å². The fourth-order valence-corrected chi connectivity index (χ4v) is 1.80. The summed E-state index contributed by atoms with van der Waals surface area (Å²) in [6.45, 7) is 0. The standard InChI is InChI=1S/C8H6BrNOS/c1-12-5-2-3-6-7(4-5)11-8(9)10-6/h2-4H,1H3. The van der Waals surface area contributed by atoms with E-state index in [0.29, 0.717) is 4.80 Å². The summed E-state index contributed by atoms with van der Waals surface area (Å²) in [6.07, 6.45) is 2.03. The van der Waals surface area contributed by atoms with Crippen molar-refractivity contribution in [1.82, 2.24) is 4.98 Å². The molecule has 0 aliphatic rings. The molecule has 0 amide bonds. The van der Waals surface area contributed by atoms with E-state index in [1.54, 1.807) is 11.8 Å². The zero-order valence-corrected chi connectivity index (χ0v) is 8.78. The normalized spacial score (nSPS) is 10.8. The number of benzene rings is 1. The lowest BCUT2D eigenvalue weighted by Gasteiger charge is -1.92. The predicted molar refractivity (Wildman–Crippen MR) is 53.5 cm³/mol. The van der Waals surface area contributed by atoms with Crippen molar-refractivity contribution in [2.75, 3.05) is 6.26 Å². The highest BCUT2D eigenvalue weighted by Crippen LogP contribution is 2.24. The molecule has 0 spiro atoms. The number of rotatable bonds is 1. The van der Waals surface area contributed by atoms with Gasteiger partial charge in [0.1, 0.15) is 5.52 Å². The van der Waals surface area contributed by atoms with E-state index in [-0.39, 0.29) is 0 Å². The summed E-state index contributed by atoms with van der Waals surface area (Å²) in [5.41, 5.74) is 1.72. The zero-order valence-electron chi connectivity index (χ0n) is 6.37. The molecule has 1 aromatic carbocycles. The minimum Gasteiger partial charge on any atom is -0.431 e. The Bertz CT molecular complexity index is 412. The SMILES string of the molecule is CSc1ccc2nc(Br)oc2c1. The molecule has 0 aliphatic carbocycles. The van der Waals surface area contributed by atoms with Gasteiger partial charge in [0.05, 0.1) is 0 Å². The summed E-state index contributed by atoms with van der Waals surface area (Å²) in [5.74, 6) is 0. The maximum absolute atomic E-state index is 5.30. The number of hydrogen-bond donors (Lipinski definition) is 0. The second-order valence-corrected chi connectivity index (χ2v) is 3.86. The fourth-order valence-electron chi connectivity index (χ4n) is 1.00. The third-order valence-corrected chi connectivity index (χ3v) is 2.63. The van der Waals surface area contributed by atoms with Gasteiger partial charge in [-0.1, -0.05) is 0 Å². The predicted octanol–water partition coefficient (Wildman–Crippen LogP) is 3.31. The van der Waals surface area contributed by atoms with Gasteiger partial charge >= 0.3 is 0 Å². The molecular formula is C8H6BrNOS. The maximum Gasteiger partial charge on any atom is 0.265 e. The van der Waals surface area contributed by atoms with Gasteiger partial charge in [-0.25, -0.2) is 4.98 Å². The van der Waals surface area contributed by atoms with E-state index in [1.165, 1.54) is 4.90 Å². The van der Waals surface area contributed by atoms with Crippen LogP contribution in [0.5, 0.6) is 0 Å². The van der Waals surface area contributed by atoms with Crippen molar-refractivity contribution in [2.24, 2.45) is 0 Å². The molecule has 0 radical (unpaired) electrons. The van der Waals surface area contributed by atoms with Crippen LogP contribution in [0.2, 0.25) is 0 Å². The second-order valence-electron chi connectivity index (χ2n) is 2.30. The molecule has 0 saturated heterocycles. The average molecular weight is 244 g/mol. The molecule has 0 bridgehead atoms. The molecule has 1 aromatic heterocycles. The van der Waals surface area contributed by atoms with Gasteiger partial charge in [-0.15, -0.1) is 11.8 Å². The zero-order chi connectivity index (χ0) is 8.55. The molecule has 2 rings (SSSR count). The van der Waals surface area contributed by atoms with Gasteiger partial charge in [-0.05, 0) is 24.5 Å². The van der Waals surface area contributed by atoms with Crippen LogP contribution in [0.15, 0.2) is 32.3 Å². The van der Waals surface area contributed by atoms with Crippen LogP contribution in [-0.2, 0) is 0 Å². The third kappa shape index (κ3) is 1.36. The Morgan fingerprint density at radius 3 is 3.08 bits per heavy atom. The van der Waals surface area contributed by atoms with E-state index in [9.17, 15) is 0 Å². The van der Waals surface area contributed by atoms with Crippen molar-refractivity contribution in [2.45, 2.75) is 4.90 Å². The maximum atomic E-state index is 5.30. The lowest BCUT2D eigenvalue weighted by Crippen LogP contribution is -1.69. The molecule has 2 aromatic rings. The molecule has 0 N–H and O–H groups in total. The Morgan fingerprint density at radius 1 is 1.50 bits per heavy atom. The summed E-state index contributed by atoms with van der Waals surface area (Å²) in [6, 6.07) is 5.97. The molecule has 0 aliphatic heterocycles. The molecule has 4 heteroatoms. The van der Waals surface area contributed by atoms with Crippen molar-refractivity contribution in [1.29, 1.82) is 0 Å². The number of thioether (sulfide) groups is 1. The topological polar surface area (TPSA) is 26.0 Å². The molecule has 0 saturated carbocycles. The van der Waals surface area contributed by atoms with Crippen LogP contribution in [0, 0.1) is 0 Å². The van der Waals surface area contributed by atoms with E-state index < -0.39 is 0 Å². The first-order valence-electron chi connectivity index (χ1n) is 3.39. The van der Waals surface area contributed by atoms with Crippen molar-refractivity contribution in [3.05, 3.63) is 23.0 Å². The first-order valence-corrected chi connectivity index (χ1v) is 5.41. The Balaban J connectivity index is 2.66. The molecule has 12 heavy (non-hydrogen) atoms. The lowest BCUT2D eigenvalue weighted by molar-refractivity contribution is 0.570. The van der Waals surface area contributed by atoms with Gasteiger partial charge in [0.25, 0.3) is 4.80 Å². The van der Waals surface area contributed by atoms with Crippen molar-refractivity contribution in [3.8, 4) is 0 Å². The smallest absolute Gasteiger partial charge is 0.265 e. The molecule has 0 unspecified atom stereocenters. The van der Waals surface area contributed by atoms with Crippen molar-refractivity contribution < 1.29 is 4.42 Å². The summed E-state index contributed by atoms with van der Waals surface area (Å²) in [5, 5.41) is 0. The van der Waals surface area contributed by atoms with Gasteiger partial charge in [-0.2, -0.15) is 0 Å². The van der Waals surface area contributed by atoms with Crippen LogP contribution in [0.1, 0.15) is 0 Å². The first kappa shape index (κ1) is 8.13. The van der Waals surface area contributed by atoms with Crippen LogP contribution < -0.4 is 0 Å². The first-order chi connectivity index (χ1) is 5.79. The second kappa shape index (κ2) is 3.11. The number of aromatic nitrogens is 1. The fraction of sp³-hybridized carbons (Fsp3) is 0.125. The number of fused-ring (bicyclic) bond motifs is 1. The van der Waals surface area contributed by atoms with E-state index in [1.807, 2.05) is 24.5 Å². The molecule has 2 nitrogen and oxygen atoms in total. The number of hydrogen-bond acceptors (Lipinski definition) is 3. The summed E-state index contributed by atoms with van der Waals surface area (Å²) in [4.78, 5) is 5.85. The van der Waals surface area contributed by atoms with Gasteiger partial charge in [0.2, 0.25) is 0 Å². The summed E-state index contributed by atoms with van der Waals surface area (Å²) >= 11 is 4.88. The van der Waals surface area contributed by atoms with E-state index in [2.05, 4.69) is 20.9 Å².